The number of amides is 5. The Morgan fingerprint density at radius 2 is 1.40 bits per heavy atom. The summed E-state index contributed by atoms with van der Waals surface area (Å²) < 4.78 is 0. The number of carbonyl (C=O) groups excluding carboxylic acids is 3. The van der Waals surface area contributed by atoms with Crippen molar-refractivity contribution in [2.75, 3.05) is 25.9 Å². The molecule has 0 spiro atoms. The number of pyridine rings is 1. The number of benzene rings is 3. The van der Waals surface area contributed by atoms with Gasteiger partial charge in [-0.2, -0.15) is 0 Å². The lowest BCUT2D eigenvalue weighted by molar-refractivity contribution is -0.131. The molecular formula is C47H61N7O6. The van der Waals surface area contributed by atoms with Crippen LogP contribution in [0.2, 0.25) is 0 Å². The molecule has 0 radical (unpaired) electrons. The standard InChI is InChI=1S/C47H61N7O6/c1-46(2,3)40(52(7)45(59)60)42(56)50-36(27-32-16-20-34(21-17-32)37-15-11-12-24-49-37)29-39(55)38(28-31-13-9-8-10-14-31)51-43(57)41(47(4,5)6)54-26-25-53(44(54)58)30-33-18-22-35(48)23-19-33/h8-24,36,38-41,55H,25-30,48H2,1-7H3,(H,50,56)(H,51,57)(H,59,60)/t36-,38-,39-,40+,41+/m0/s1. The van der Waals surface area contributed by atoms with Gasteiger partial charge in [0.25, 0.3) is 0 Å². The molecule has 0 unspecified atom stereocenters. The summed E-state index contributed by atoms with van der Waals surface area (Å²) in [4.78, 5) is 63.6. The molecule has 0 saturated carbocycles. The molecule has 5 atom stereocenters. The number of aliphatic hydroxyl groups excluding tert-OH is 1. The number of carboxylic acid groups (broad SMARTS) is 1. The van der Waals surface area contributed by atoms with Crippen LogP contribution in [0.25, 0.3) is 11.3 Å². The van der Waals surface area contributed by atoms with Crippen molar-refractivity contribution in [1.82, 2.24) is 30.3 Å². The number of nitrogens with one attached hydrogen (secondary N) is 2. The van der Waals surface area contributed by atoms with Crippen molar-refractivity contribution in [3.63, 3.8) is 0 Å². The molecule has 13 heteroatoms. The molecule has 1 saturated heterocycles. The second-order valence-electron chi connectivity index (χ2n) is 18.0. The van der Waals surface area contributed by atoms with Gasteiger partial charge in [-0.15, -0.1) is 0 Å². The van der Waals surface area contributed by atoms with Crippen LogP contribution in [-0.2, 0) is 29.0 Å². The molecule has 5 rings (SSSR count). The molecule has 0 aliphatic carbocycles. The van der Waals surface area contributed by atoms with Gasteiger partial charge in [0.2, 0.25) is 11.8 Å². The number of anilines is 1. The Bertz CT molecular complexity index is 2050. The van der Waals surface area contributed by atoms with E-state index in [0.29, 0.717) is 31.7 Å². The average Bonchev–Trinajstić information content (AvgIpc) is 3.53. The van der Waals surface area contributed by atoms with Crippen molar-refractivity contribution in [3.05, 3.63) is 120 Å². The Morgan fingerprint density at radius 3 is 1.98 bits per heavy atom. The van der Waals surface area contributed by atoms with E-state index in [2.05, 4.69) is 15.6 Å². The molecule has 1 aromatic heterocycles. The lowest BCUT2D eigenvalue weighted by Crippen LogP contribution is -2.59. The first-order chi connectivity index (χ1) is 28.3. The summed E-state index contributed by atoms with van der Waals surface area (Å²) in [6.45, 7) is 12.3. The fraction of sp³-hybridized carbons (Fsp3) is 0.426. The normalized spacial score (nSPS) is 15.8. The van der Waals surface area contributed by atoms with Crippen LogP contribution in [0.3, 0.4) is 0 Å². The predicted octanol–water partition coefficient (Wildman–Crippen LogP) is 6.21. The minimum Gasteiger partial charge on any atom is -0.465 e. The van der Waals surface area contributed by atoms with Gasteiger partial charge in [0.05, 0.1) is 17.8 Å². The van der Waals surface area contributed by atoms with Crippen LogP contribution in [0.5, 0.6) is 0 Å². The largest absolute Gasteiger partial charge is 0.465 e. The predicted molar refractivity (Wildman–Crippen MR) is 234 cm³/mol. The molecule has 2 heterocycles. The minimum absolute atomic E-state index is 0.0252. The smallest absolute Gasteiger partial charge is 0.407 e. The second kappa shape index (κ2) is 19.4. The van der Waals surface area contributed by atoms with Gasteiger partial charge in [0, 0.05) is 50.2 Å². The van der Waals surface area contributed by atoms with Crippen molar-refractivity contribution in [2.24, 2.45) is 10.8 Å². The highest BCUT2D eigenvalue weighted by atomic mass is 16.4. The molecular weight excluding hydrogens is 759 g/mol. The monoisotopic (exact) mass is 819 g/mol. The maximum Gasteiger partial charge on any atom is 0.407 e. The highest BCUT2D eigenvalue weighted by Crippen LogP contribution is 2.30. The Morgan fingerprint density at radius 1 is 0.783 bits per heavy atom. The maximum absolute atomic E-state index is 14.6. The number of urea groups is 1. The summed E-state index contributed by atoms with van der Waals surface area (Å²) in [5, 5.41) is 28.4. The molecule has 60 heavy (non-hydrogen) atoms. The average molecular weight is 820 g/mol. The Labute approximate surface area is 354 Å². The van der Waals surface area contributed by atoms with Gasteiger partial charge in [-0.3, -0.25) is 19.5 Å². The number of carbonyl (C=O) groups is 4. The van der Waals surface area contributed by atoms with Gasteiger partial charge in [0.1, 0.15) is 12.1 Å². The Hall–Kier alpha value is -5.95. The molecule has 0 bridgehead atoms. The van der Waals surface area contributed by atoms with Gasteiger partial charge in [-0.25, -0.2) is 9.59 Å². The van der Waals surface area contributed by atoms with Gasteiger partial charge >= 0.3 is 12.1 Å². The van der Waals surface area contributed by atoms with E-state index in [-0.39, 0.29) is 18.9 Å². The molecule has 3 aromatic carbocycles. The topological polar surface area (TPSA) is 181 Å². The number of nitrogens with two attached hydrogens (primary N) is 1. The molecule has 5 amide bonds. The molecule has 1 aliphatic rings. The third kappa shape index (κ3) is 11.8. The van der Waals surface area contributed by atoms with E-state index in [9.17, 15) is 29.4 Å². The third-order valence-electron chi connectivity index (χ3n) is 11.0. The van der Waals surface area contributed by atoms with Crippen LogP contribution in [0, 0.1) is 10.8 Å². The lowest BCUT2D eigenvalue weighted by Gasteiger charge is -2.38. The first-order valence-electron chi connectivity index (χ1n) is 20.5. The number of nitrogens with zero attached hydrogens (tertiary/aromatic N) is 4. The van der Waals surface area contributed by atoms with Gasteiger partial charge in [-0.05, 0) is 71.0 Å². The number of hydrogen-bond donors (Lipinski definition) is 5. The van der Waals surface area contributed by atoms with Crippen molar-refractivity contribution in [1.29, 1.82) is 0 Å². The Balaban J connectivity index is 1.42. The minimum atomic E-state index is -1.24. The van der Waals surface area contributed by atoms with Gasteiger partial charge in [-0.1, -0.05) is 114 Å². The third-order valence-corrected chi connectivity index (χ3v) is 11.0. The van der Waals surface area contributed by atoms with Gasteiger partial charge < -0.3 is 36.4 Å². The van der Waals surface area contributed by atoms with Crippen LogP contribution >= 0.6 is 0 Å². The molecule has 4 aromatic rings. The van der Waals surface area contributed by atoms with E-state index < -0.39 is 59.0 Å². The highest BCUT2D eigenvalue weighted by molar-refractivity contribution is 5.89. The van der Waals surface area contributed by atoms with Crippen molar-refractivity contribution in [2.45, 2.75) is 97.6 Å². The highest BCUT2D eigenvalue weighted by Gasteiger charge is 2.45. The van der Waals surface area contributed by atoms with Crippen LogP contribution in [0.15, 0.2) is 103 Å². The van der Waals surface area contributed by atoms with E-state index in [0.717, 1.165) is 32.8 Å². The summed E-state index contributed by atoms with van der Waals surface area (Å²) in [5.41, 5.74) is 9.49. The van der Waals surface area contributed by atoms with E-state index in [1.54, 1.807) is 48.9 Å². The maximum atomic E-state index is 14.6. The summed E-state index contributed by atoms with van der Waals surface area (Å²) >= 11 is 0. The zero-order valence-corrected chi connectivity index (χ0v) is 35.8. The zero-order valence-electron chi connectivity index (χ0n) is 35.8. The van der Waals surface area contributed by atoms with Crippen molar-refractivity contribution in [3.8, 4) is 11.3 Å². The summed E-state index contributed by atoms with van der Waals surface area (Å²) in [7, 11) is 1.37. The number of aromatic nitrogens is 1. The molecule has 1 fully saturated rings. The number of likely N-dealkylation sites (N-methyl/N-ethyl adjacent to an activating group) is 1. The quantitative estimate of drug-likeness (QED) is 0.0828. The van der Waals surface area contributed by atoms with E-state index in [4.69, 9.17) is 5.73 Å². The molecule has 6 N–H and O–H groups in total. The number of hydrogen-bond acceptors (Lipinski definition) is 7. The fourth-order valence-corrected chi connectivity index (χ4v) is 8.07. The van der Waals surface area contributed by atoms with E-state index in [1.807, 2.05) is 106 Å². The first kappa shape index (κ1) is 45.1. The van der Waals surface area contributed by atoms with Gasteiger partial charge in [0.15, 0.2) is 0 Å². The molecule has 13 nitrogen and oxygen atoms in total. The lowest BCUT2D eigenvalue weighted by atomic mass is 9.84. The Kier molecular flexibility index (Phi) is 14.6. The van der Waals surface area contributed by atoms with Crippen molar-refractivity contribution >= 4 is 29.6 Å². The summed E-state index contributed by atoms with van der Waals surface area (Å²) in [6.07, 6.45) is -0.0808. The summed E-state index contributed by atoms with van der Waals surface area (Å²) in [6, 6.07) is 26.7. The van der Waals surface area contributed by atoms with Crippen LogP contribution < -0.4 is 16.4 Å². The van der Waals surface area contributed by atoms with Crippen LogP contribution in [0.1, 0.15) is 64.7 Å². The molecule has 1 aliphatic heterocycles. The van der Waals surface area contributed by atoms with Crippen LogP contribution in [0.4, 0.5) is 15.3 Å². The number of rotatable bonds is 16. The SMILES string of the molecule is CN(C(=O)O)[C@H](C(=O)N[C@@H](Cc1ccc(-c2ccccn2)cc1)C[C@H](O)[C@H](Cc1ccccc1)NC(=O)[C@@H](N1CCN(Cc2ccc(N)cc2)C1=O)C(C)(C)C)C(C)(C)C. The summed E-state index contributed by atoms with van der Waals surface area (Å²) in [5.74, 6) is -0.894. The second-order valence-corrected chi connectivity index (χ2v) is 18.0. The first-order valence-corrected chi connectivity index (χ1v) is 20.5. The fourth-order valence-electron chi connectivity index (χ4n) is 8.07. The van der Waals surface area contributed by atoms with Crippen molar-refractivity contribution < 1.29 is 29.4 Å². The number of aliphatic hydroxyl groups is 1. The zero-order chi connectivity index (χ0) is 43.8. The molecule has 320 valence electrons. The van der Waals surface area contributed by atoms with E-state index in [1.165, 1.54) is 7.05 Å². The van der Waals surface area contributed by atoms with Crippen LogP contribution in [-0.4, -0.2) is 104 Å². The van der Waals surface area contributed by atoms with E-state index >= 15 is 0 Å². The number of nitrogen functional groups attached to an aromatic ring is 1.